The van der Waals surface area contributed by atoms with Gasteiger partial charge in [0, 0.05) is 0 Å². The molecule has 0 aliphatic rings. The van der Waals surface area contributed by atoms with Crippen molar-refractivity contribution in [2.75, 3.05) is 0 Å². The van der Waals surface area contributed by atoms with E-state index in [1.54, 1.807) is 0 Å². The summed E-state index contributed by atoms with van der Waals surface area (Å²) in [6.45, 7) is 0. The average Bonchev–Trinajstić information content (AvgIpc) is 1.39. The quantitative estimate of drug-likeness (QED) is 0.365. The van der Waals surface area contributed by atoms with Crippen LogP contribution in [0.2, 0.25) is 0 Å². The summed E-state index contributed by atoms with van der Waals surface area (Å²) >= 11 is 0. The molecule has 7 heteroatoms. The zero-order chi connectivity index (χ0) is 5.41. The Bertz CT molecular complexity index is 27.1. The Morgan fingerprint density at radius 1 is 1.00 bits per heavy atom. The van der Waals surface area contributed by atoms with Gasteiger partial charge in [-0.25, -0.2) is 0 Å². The molecule has 0 spiro atoms. The Kier molecular flexibility index (Phi) is 73.9. The molecule has 44 valence electrons. The molecule has 0 saturated heterocycles. The van der Waals surface area contributed by atoms with Gasteiger partial charge in [-0.15, -0.1) is 0 Å². The first-order chi connectivity index (χ1) is 2.83. The number of rotatable bonds is 0. The lowest BCUT2D eigenvalue weighted by Crippen LogP contribution is -1.65. The SMILES string of the molecule is O=[PH2][O-].O=[PH2][O-].[O+2]. The van der Waals surface area contributed by atoms with Crippen LogP contribution in [-0.2, 0) is 14.6 Å². The van der Waals surface area contributed by atoms with Gasteiger partial charge in [0.1, 0.15) is 0 Å². The smallest absolute Gasteiger partial charge is 0.804 e. The van der Waals surface area contributed by atoms with Gasteiger partial charge in [0.2, 0.25) is 0 Å². The lowest BCUT2D eigenvalue weighted by molar-refractivity contribution is -0.155. The lowest BCUT2D eigenvalue weighted by Gasteiger charge is -1.62. The molecule has 7 heavy (non-hydrogen) atoms. The molecule has 2 unspecified atom stereocenters. The van der Waals surface area contributed by atoms with E-state index in [9.17, 15) is 0 Å². The molecular formula is H4O5P2. The largest absolute Gasteiger partial charge is 2.00 e. The maximum atomic E-state index is 8.46. The molecule has 0 N–H and O–H groups in total. The van der Waals surface area contributed by atoms with Gasteiger partial charge in [0.05, 0.1) is 0 Å². The van der Waals surface area contributed by atoms with Crippen LogP contribution in [0.4, 0.5) is 0 Å². The highest BCUT2D eigenvalue weighted by Gasteiger charge is 2.00. The van der Waals surface area contributed by atoms with E-state index >= 15 is 0 Å². The standard InChI is InChI=1S/2H3O2P.O/c2*1-3-2;/h2*3H2,(H,1,2);/q;;+2/p-2. The van der Waals surface area contributed by atoms with Crippen LogP contribution in [0.15, 0.2) is 0 Å². The van der Waals surface area contributed by atoms with E-state index in [1.165, 1.54) is 0 Å². The van der Waals surface area contributed by atoms with Gasteiger partial charge in [-0.2, -0.15) is 0 Å². The first kappa shape index (κ1) is 15.7. The fourth-order valence-electron chi connectivity index (χ4n) is 0. The molecule has 2 atom stereocenters. The molecule has 5 nitrogen and oxygen atoms in total. The Morgan fingerprint density at radius 2 is 1.00 bits per heavy atom. The Morgan fingerprint density at radius 3 is 1.00 bits per heavy atom. The Hall–Kier alpha value is 0.340. The van der Waals surface area contributed by atoms with Crippen molar-refractivity contribution in [1.82, 2.24) is 0 Å². The second kappa shape index (κ2) is 33.0. The van der Waals surface area contributed by atoms with Crippen molar-refractivity contribution in [1.29, 1.82) is 0 Å². The molecule has 0 rings (SSSR count). The minimum Gasteiger partial charge on any atom is -0.804 e. The van der Waals surface area contributed by atoms with E-state index in [-0.39, 0.29) is 5.48 Å². The number of hydrogen-bond donors (Lipinski definition) is 0. The molecule has 0 aromatic carbocycles. The van der Waals surface area contributed by atoms with E-state index in [4.69, 9.17) is 18.9 Å². The zero-order valence-electron chi connectivity index (χ0n) is 3.20. The summed E-state index contributed by atoms with van der Waals surface area (Å²) < 4.78 is 16.9. The van der Waals surface area contributed by atoms with Crippen LogP contribution in [0, 0.1) is 0 Å². The molecule has 0 heterocycles. The topological polar surface area (TPSA) is 109 Å². The molecule has 4 radical (unpaired) electrons. The Labute approximate surface area is 42.9 Å². The normalized spacial score (nSPS) is 8.29. The molecule has 0 amide bonds. The fourth-order valence-corrected chi connectivity index (χ4v) is 0. The van der Waals surface area contributed by atoms with Gasteiger partial charge in [0.15, 0.2) is 0 Å². The molecular weight excluding hydrogens is 142 g/mol. The van der Waals surface area contributed by atoms with E-state index in [1.807, 2.05) is 0 Å². The first-order valence-electron chi connectivity index (χ1n) is 0.943. The van der Waals surface area contributed by atoms with Gasteiger partial charge < -0.3 is 18.9 Å². The van der Waals surface area contributed by atoms with Crippen LogP contribution in [0.3, 0.4) is 0 Å². The van der Waals surface area contributed by atoms with Gasteiger partial charge in [-0.1, -0.05) is 0 Å². The van der Waals surface area contributed by atoms with E-state index in [0.717, 1.165) is 0 Å². The third-order valence-electron chi connectivity index (χ3n) is 0. The molecule has 0 aromatic rings. The maximum absolute atomic E-state index is 8.46. The highest BCUT2D eigenvalue weighted by molar-refractivity contribution is 7.14. The Balaban J connectivity index is -0.0000000400. The molecule has 0 aliphatic carbocycles. The van der Waals surface area contributed by atoms with Crippen LogP contribution in [0.5, 0.6) is 0 Å². The van der Waals surface area contributed by atoms with Gasteiger partial charge in [-0.3, -0.25) is 0 Å². The molecule has 0 aliphatic heterocycles. The van der Waals surface area contributed by atoms with Crippen LogP contribution in [-0.4, -0.2) is 0 Å². The van der Waals surface area contributed by atoms with Gasteiger partial charge in [0.25, 0.3) is 0 Å². The summed E-state index contributed by atoms with van der Waals surface area (Å²) in [7, 11) is -3.50. The second-order valence-corrected chi connectivity index (χ2v) is 0.577. The minimum absolute atomic E-state index is 0. The fraction of sp³-hybridized carbons (Fsp3) is 0. The van der Waals surface area contributed by atoms with Crippen molar-refractivity contribution < 1.29 is 24.4 Å². The molecule has 0 fully saturated rings. The third-order valence-corrected chi connectivity index (χ3v) is 0. The van der Waals surface area contributed by atoms with Crippen LogP contribution < -0.4 is 9.79 Å². The van der Waals surface area contributed by atoms with Crippen molar-refractivity contribution in [3.8, 4) is 0 Å². The van der Waals surface area contributed by atoms with Crippen molar-refractivity contribution in [3.05, 3.63) is 0 Å². The first-order valence-corrected chi connectivity index (χ1v) is 2.83. The molecule has 0 aromatic heterocycles. The van der Waals surface area contributed by atoms with Crippen molar-refractivity contribution in [3.63, 3.8) is 0 Å². The lowest BCUT2D eigenvalue weighted by atomic mass is 15.9. The summed E-state index contributed by atoms with van der Waals surface area (Å²) in [6, 6.07) is 0. The van der Waals surface area contributed by atoms with Crippen molar-refractivity contribution >= 4 is 17.4 Å². The van der Waals surface area contributed by atoms with Crippen LogP contribution in [0.25, 0.3) is 0 Å². The van der Waals surface area contributed by atoms with Crippen molar-refractivity contribution in [2.45, 2.75) is 0 Å². The van der Waals surface area contributed by atoms with Crippen LogP contribution >= 0.6 is 17.4 Å². The summed E-state index contributed by atoms with van der Waals surface area (Å²) in [6.07, 6.45) is 0. The second-order valence-electron chi connectivity index (χ2n) is 0.192. The average molecular weight is 146 g/mol. The monoisotopic (exact) mass is 146 g/mol. The summed E-state index contributed by atoms with van der Waals surface area (Å²) in [5.74, 6) is 0. The predicted molar refractivity (Wildman–Crippen MR) is 21.5 cm³/mol. The van der Waals surface area contributed by atoms with Crippen molar-refractivity contribution in [2.24, 2.45) is 0 Å². The van der Waals surface area contributed by atoms with E-state index in [0.29, 0.717) is 0 Å². The van der Waals surface area contributed by atoms with E-state index < -0.39 is 17.4 Å². The maximum Gasteiger partial charge on any atom is 2.00 e. The number of hydrogen-bond acceptors (Lipinski definition) is 4. The minimum atomic E-state index is -1.75. The van der Waals surface area contributed by atoms with Crippen LogP contribution in [0.1, 0.15) is 0 Å². The third kappa shape index (κ3) is 1030. The molecule has 0 bridgehead atoms. The summed E-state index contributed by atoms with van der Waals surface area (Å²) in [5.41, 5.74) is 0. The summed E-state index contributed by atoms with van der Waals surface area (Å²) in [5, 5.41) is 0. The van der Waals surface area contributed by atoms with E-state index in [2.05, 4.69) is 0 Å². The highest BCUT2D eigenvalue weighted by Crippen LogP contribution is 1.53. The highest BCUT2D eigenvalue weighted by atomic mass is 31.1. The zero-order valence-corrected chi connectivity index (χ0v) is 5.51. The summed E-state index contributed by atoms with van der Waals surface area (Å²) in [4.78, 5) is 16.9. The van der Waals surface area contributed by atoms with Gasteiger partial charge in [-0.05, 0) is 17.4 Å². The van der Waals surface area contributed by atoms with Gasteiger partial charge >= 0.3 is 5.48 Å². The molecule has 0 saturated carbocycles. The predicted octanol–water partition coefficient (Wildman–Crippen LogP) is -2.08.